The minimum Gasteiger partial charge on any atom is -0.394 e. The van der Waals surface area contributed by atoms with Crippen LogP contribution >= 0.6 is 0 Å². The molecular weight excluding hydrogens is 244 g/mol. The topological polar surface area (TPSA) is 71.3 Å². The summed E-state index contributed by atoms with van der Waals surface area (Å²) in [5.74, 6) is -0.293. The van der Waals surface area contributed by atoms with Gasteiger partial charge in [0.15, 0.2) is 5.78 Å². The Morgan fingerprint density at radius 3 is 2.53 bits per heavy atom. The van der Waals surface area contributed by atoms with E-state index in [9.17, 15) is 14.7 Å². The van der Waals surface area contributed by atoms with Gasteiger partial charge in [-0.3, -0.25) is 9.59 Å². The van der Waals surface area contributed by atoms with Crippen LogP contribution in [-0.4, -0.2) is 33.5 Å². The summed E-state index contributed by atoms with van der Waals surface area (Å²) in [7, 11) is 1.74. The second-order valence-electron chi connectivity index (χ2n) is 5.38. The van der Waals surface area contributed by atoms with E-state index in [-0.39, 0.29) is 18.3 Å². The molecule has 0 radical (unpaired) electrons. The van der Waals surface area contributed by atoms with Gasteiger partial charge in [-0.1, -0.05) is 12.8 Å². The van der Waals surface area contributed by atoms with Gasteiger partial charge in [0.1, 0.15) is 5.69 Å². The van der Waals surface area contributed by atoms with Crippen molar-refractivity contribution in [1.29, 1.82) is 0 Å². The number of nitrogens with one attached hydrogen (secondary N) is 1. The van der Waals surface area contributed by atoms with Crippen LogP contribution in [0.5, 0.6) is 0 Å². The van der Waals surface area contributed by atoms with Gasteiger partial charge in [-0.05, 0) is 25.8 Å². The molecule has 5 nitrogen and oxygen atoms in total. The Hall–Kier alpha value is -1.62. The number of ketones is 1. The zero-order chi connectivity index (χ0) is 14.0. The van der Waals surface area contributed by atoms with Gasteiger partial charge >= 0.3 is 0 Å². The highest BCUT2D eigenvalue weighted by Crippen LogP contribution is 2.29. The van der Waals surface area contributed by atoms with Crippen molar-refractivity contribution in [3.05, 3.63) is 23.5 Å². The number of aliphatic hydroxyl groups is 1. The molecule has 0 unspecified atom stereocenters. The third kappa shape index (κ3) is 2.71. The van der Waals surface area contributed by atoms with E-state index in [1.165, 1.54) is 6.92 Å². The van der Waals surface area contributed by atoms with Crippen molar-refractivity contribution in [2.75, 3.05) is 6.61 Å². The molecule has 5 heteroatoms. The summed E-state index contributed by atoms with van der Waals surface area (Å²) in [5, 5.41) is 12.4. The average Bonchev–Trinajstić information content (AvgIpc) is 2.96. The number of aryl methyl sites for hydroxylation is 1. The fourth-order valence-electron chi connectivity index (χ4n) is 2.66. The number of hydrogen-bond acceptors (Lipinski definition) is 3. The molecule has 1 aromatic heterocycles. The van der Waals surface area contributed by atoms with Crippen LogP contribution in [0.15, 0.2) is 12.3 Å². The van der Waals surface area contributed by atoms with Crippen LogP contribution in [0.2, 0.25) is 0 Å². The van der Waals surface area contributed by atoms with Gasteiger partial charge in [-0.2, -0.15) is 0 Å². The molecular formula is C14H20N2O3. The van der Waals surface area contributed by atoms with Crippen LogP contribution in [0.3, 0.4) is 0 Å². The van der Waals surface area contributed by atoms with Gasteiger partial charge in [-0.15, -0.1) is 0 Å². The molecule has 0 spiro atoms. The van der Waals surface area contributed by atoms with Crippen LogP contribution in [0.1, 0.15) is 53.5 Å². The Morgan fingerprint density at radius 2 is 2.05 bits per heavy atom. The van der Waals surface area contributed by atoms with Gasteiger partial charge in [-0.25, -0.2) is 0 Å². The molecule has 1 fully saturated rings. The van der Waals surface area contributed by atoms with Crippen molar-refractivity contribution in [2.45, 2.75) is 38.1 Å². The maximum Gasteiger partial charge on any atom is 0.268 e. The van der Waals surface area contributed by atoms with E-state index in [4.69, 9.17) is 0 Å². The summed E-state index contributed by atoms with van der Waals surface area (Å²) in [4.78, 5) is 23.6. The molecule has 1 heterocycles. The summed E-state index contributed by atoms with van der Waals surface area (Å²) in [5.41, 5.74) is 0.486. The monoisotopic (exact) mass is 264 g/mol. The standard InChI is InChI=1S/C14H20N2O3/c1-10(18)11-7-12(16(2)8-11)13(19)15-14(9-17)5-3-4-6-14/h7-8,17H,3-6,9H2,1-2H3,(H,15,19). The van der Waals surface area contributed by atoms with E-state index in [2.05, 4.69) is 5.32 Å². The third-order valence-electron chi connectivity index (χ3n) is 3.89. The smallest absolute Gasteiger partial charge is 0.268 e. The maximum atomic E-state index is 12.3. The Labute approximate surface area is 112 Å². The van der Waals surface area contributed by atoms with Crippen LogP contribution in [0, 0.1) is 0 Å². The van der Waals surface area contributed by atoms with Crippen molar-refractivity contribution in [3.8, 4) is 0 Å². The summed E-state index contributed by atoms with van der Waals surface area (Å²) in [6.07, 6.45) is 5.30. The number of rotatable bonds is 4. The van der Waals surface area contributed by atoms with Gasteiger partial charge in [0.25, 0.3) is 5.91 Å². The number of carbonyl (C=O) groups excluding carboxylic acids is 2. The zero-order valence-corrected chi connectivity index (χ0v) is 11.4. The highest BCUT2D eigenvalue weighted by atomic mass is 16.3. The van der Waals surface area contributed by atoms with E-state index >= 15 is 0 Å². The van der Waals surface area contributed by atoms with Gasteiger partial charge < -0.3 is 15.0 Å². The van der Waals surface area contributed by atoms with Crippen molar-refractivity contribution >= 4 is 11.7 Å². The number of Topliss-reactive ketones (excluding diaryl/α,β-unsaturated/α-hetero) is 1. The summed E-state index contributed by atoms with van der Waals surface area (Å²) >= 11 is 0. The first-order valence-electron chi connectivity index (χ1n) is 6.58. The molecule has 1 saturated carbocycles. The molecule has 0 aromatic carbocycles. The first kappa shape index (κ1) is 13.8. The molecule has 0 saturated heterocycles. The van der Waals surface area contributed by atoms with E-state index in [1.807, 2.05) is 0 Å². The lowest BCUT2D eigenvalue weighted by Crippen LogP contribution is -2.49. The Balaban J connectivity index is 2.18. The number of nitrogens with zero attached hydrogens (tertiary/aromatic N) is 1. The highest BCUT2D eigenvalue weighted by molar-refractivity contribution is 5.99. The van der Waals surface area contributed by atoms with E-state index in [1.54, 1.807) is 23.9 Å². The molecule has 1 aliphatic carbocycles. The normalized spacial score (nSPS) is 17.4. The van der Waals surface area contributed by atoms with Crippen LogP contribution in [0.25, 0.3) is 0 Å². The van der Waals surface area contributed by atoms with Crippen molar-refractivity contribution in [2.24, 2.45) is 7.05 Å². The van der Waals surface area contributed by atoms with E-state index < -0.39 is 5.54 Å². The second-order valence-corrected chi connectivity index (χ2v) is 5.38. The summed E-state index contributed by atoms with van der Waals surface area (Å²) in [6, 6.07) is 1.59. The first-order chi connectivity index (χ1) is 8.97. The zero-order valence-electron chi connectivity index (χ0n) is 11.4. The van der Waals surface area contributed by atoms with Gasteiger partial charge in [0.05, 0.1) is 12.1 Å². The minimum atomic E-state index is -0.488. The average molecular weight is 264 g/mol. The van der Waals surface area contributed by atoms with Crippen LogP contribution < -0.4 is 5.32 Å². The molecule has 1 amide bonds. The number of carbonyl (C=O) groups is 2. The molecule has 0 bridgehead atoms. The lowest BCUT2D eigenvalue weighted by molar-refractivity contribution is 0.0830. The molecule has 2 N–H and O–H groups in total. The Bertz CT molecular complexity index is 499. The lowest BCUT2D eigenvalue weighted by atomic mass is 9.98. The minimum absolute atomic E-state index is 0.0390. The third-order valence-corrected chi connectivity index (χ3v) is 3.89. The summed E-state index contributed by atoms with van der Waals surface area (Å²) < 4.78 is 1.64. The number of amides is 1. The highest BCUT2D eigenvalue weighted by Gasteiger charge is 2.35. The number of aromatic nitrogens is 1. The fraction of sp³-hybridized carbons (Fsp3) is 0.571. The van der Waals surface area contributed by atoms with Crippen LogP contribution in [0.4, 0.5) is 0 Å². The van der Waals surface area contributed by atoms with Crippen molar-refractivity contribution in [3.63, 3.8) is 0 Å². The Morgan fingerprint density at radius 1 is 1.42 bits per heavy atom. The Kier molecular flexibility index (Phi) is 3.75. The largest absolute Gasteiger partial charge is 0.394 e. The predicted molar refractivity (Wildman–Crippen MR) is 71.2 cm³/mol. The quantitative estimate of drug-likeness (QED) is 0.804. The van der Waals surface area contributed by atoms with Gasteiger partial charge in [0, 0.05) is 18.8 Å². The maximum absolute atomic E-state index is 12.3. The molecule has 0 atom stereocenters. The molecule has 104 valence electrons. The number of aliphatic hydroxyl groups excluding tert-OH is 1. The summed E-state index contributed by atoms with van der Waals surface area (Å²) in [6.45, 7) is 1.44. The van der Waals surface area contributed by atoms with Crippen LogP contribution in [-0.2, 0) is 7.05 Å². The van der Waals surface area contributed by atoms with Crippen molar-refractivity contribution < 1.29 is 14.7 Å². The molecule has 2 rings (SSSR count). The lowest BCUT2D eigenvalue weighted by Gasteiger charge is -2.27. The molecule has 19 heavy (non-hydrogen) atoms. The van der Waals surface area contributed by atoms with Gasteiger partial charge in [0.2, 0.25) is 0 Å². The molecule has 0 aliphatic heterocycles. The van der Waals surface area contributed by atoms with E-state index in [0.29, 0.717) is 11.3 Å². The first-order valence-corrected chi connectivity index (χ1v) is 6.58. The predicted octanol–water partition coefficient (Wildman–Crippen LogP) is 1.26. The van der Waals surface area contributed by atoms with E-state index in [0.717, 1.165) is 25.7 Å². The van der Waals surface area contributed by atoms with Crippen molar-refractivity contribution in [1.82, 2.24) is 9.88 Å². The fourth-order valence-corrected chi connectivity index (χ4v) is 2.66. The molecule has 1 aromatic rings. The SMILES string of the molecule is CC(=O)c1cc(C(=O)NC2(CO)CCCC2)n(C)c1. The second kappa shape index (κ2) is 5.17. The molecule has 1 aliphatic rings. The number of hydrogen-bond donors (Lipinski definition) is 2.